The molecule has 0 amide bonds. The summed E-state index contributed by atoms with van der Waals surface area (Å²) in [7, 11) is 2.57. The zero-order chi connectivity index (χ0) is 35.3. The van der Waals surface area contributed by atoms with Crippen LogP contribution in [0.1, 0.15) is 54.4 Å². The third kappa shape index (κ3) is 3.45. The lowest BCUT2D eigenvalue weighted by molar-refractivity contribution is -0.318. The Bertz CT molecular complexity index is 1560. The van der Waals surface area contributed by atoms with E-state index in [1.54, 1.807) is 26.8 Å². The summed E-state index contributed by atoms with van der Waals surface area (Å²) >= 11 is 0. The summed E-state index contributed by atoms with van der Waals surface area (Å²) in [4.78, 5) is 40.4. The Labute approximate surface area is 284 Å². The van der Waals surface area contributed by atoms with Crippen molar-refractivity contribution in [1.29, 1.82) is 0 Å². The molecule has 7 fully saturated rings. The van der Waals surface area contributed by atoms with Crippen LogP contribution in [0.2, 0.25) is 0 Å². The highest BCUT2D eigenvalue weighted by Crippen LogP contribution is 2.81. The van der Waals surface area contributed by atoms with E-state index in [1.807, 2.05) is 13.8 Å². The maximum atomic E-state index is 14.2. The van der Waals surface area contributed by atoms with Crippen LogP contribution in [0.25, 0.3) is 0 Å². The molecule has 0 radical (unpaired) electrons. The first-order valence-corrected chi connectivity index (χ1v) is 17.0. The van der Waals surface area contributed by atoms with E-state index in [4.69, 9.17) is 42.6 Å². The molecule has 4 saturated heterocycles. The number of carbonyl (C=O) groups is 3. The first-order valence-electron chi connectivity index (χ1n) is 17.0. The molecule has 8 aliphatic rings. The summed E-state index contributed by atoms with van der Waals surface area (Å²) in [6.07, 6.45) is -0.642. The number of hydrogen-bond donors (Lipinski definition) is 2. The van der Waals surface area contributed by atoms with Gasteiger partial charge in [-0.15, -0.1) is 0 Å². The molecular formula is C35H46O14. The Morgan fingerprint density at radius 3 is 2.39 bits per heavy atom. The molecule has 270 valence electrons. The number of esters is 3. The van der Waals surface area contributed by atoms with Crippen LogP contribution >= 0.6 is 0 Å². The molecule has 3 aliphatic carbocycles. The number of fused-ring (bicyclic) bond motifs is 11. The minimum atomic E-state index is -2.12. The van der Waals surface area contributed by atoms with Crippen molar-refractivity contribution in [3.8, 4) is 0 Å². The summed E-state index contributed by atoms with van der Waals surface area (Å²) in [5.74, 6) is -6.47. The van der Waals surface area contributed by atoms with Crippen LogP contribution in [0, 0.1) is 34.0 Å². The van der Waals surface area contributed by atoms with Crippen molar-refractivity contribution in [2.75, 3.05) is 27.4 Å². The lowest BCUT2D eigenvalue weighted by Gasteiger charge is -2.66. The Hall–Kier alpha value is -2.59. The molecule has 0 unspecified atom stereocenters. The average molecular weight is 691 g/mol. The first kappa shape index (κ1) is 33.5. The zero-order valence-corrected chi connectivity index (χ0v) is 29.1. The highest BCUT2D eigenvalue weighted by atomic mass is 16.7. The van der Waals surface area contributed by atoms with Gasteiger partial charge in [-0.2, -0.15) is 0 Å². The van der Waals surface area contributed by atoms with Crippen molar-refractivity contribution < 1.29 is 67.2 Å². The first-order chi connectivity index (χ1) is 23.0. The largest absolute Gasteiger partial charge is 0.469 e. The van der Waals surface area contributed by atoms with Crippen LogP contribution in [0.5, 0.6) is 0 Å². The summed E-state index contributed by atoms with van der Waals surface area (Å²) < 4.78 is 56.5. The number of methoxy groups -OCH3 is 2. The molecular weight excluding hydrogens is 644 g/mol. The van der Waals surface area contributed by atoms with E-state index in [-0.39, 0.29) is 26.1 Å². The molecule has 1 spiro atoms. The number of hydrogen-bond acceptors (Lipinski definition) is 14. The van der Waals surface area contributed by atoms with Crippen LogP contribution in [0.3, 0.4) is 0 Å². The lowest BCUT2D eigenvalue weighted by atomic mass is 9.37. The van der Waals surface area contributed by atoms with Gasteiger partial charge in [0.25, 0.3) is 5.79 Å². The Morgan fingerprint density at radius 2 is 1.73 bits per heavy atom. The van der Waals surface area contributed by atoms with E-state index in [1.165, 1.54) is 33.5 Å². The van der Waals surface area contributed by atoms with Gasteiger partial charge in [0.2, 0.25) is 6.29 Å². The van der Waals surface area contributed by atoms with Crippen molar-refractivity contribution in [3.05, 3.63) is 24.0 Å². The van der Waals surface area contributed by atoms with Gasteiger partial charge in [0, 0.05) is 60.0 Å². The Morgan fingerprint density at radius 1 is 1.00 bits per heavy atom. The smallest absolute Gasteiger partial charge is 0.366 e. The van der Waals surface area contributed by atoms with Crippen LogP contribution in [-0.2, 0) is 57.0 Å². The molecule has 14 heteroatoms. The van der Waals surface area contributed by atoms with Crippen molar-refractivity contribution in [2.24, 2.45) is 34.0 Å². The van der Waals surface area contributed by atoms with Gasteiger partial charge >= 0.3 is 17.9 Å². The second-order valence-corrected chi connectivity index (χ2v) is 15.9. The van der Waals surface area contributed by atoms with Crippen LogP contribution in [0.4, 0.5) is 0 Å². The molecule has 0 aromatic carbocycles. The van der Waals surface area contributed by atoms with Crippen molar-refractivity contribution in [1.82, 2.24) is 0 Å². The highest BCUT2D eigenvalue weighted by molar-refractivity contribution is 5.88. The van der Waals surface area contributed by atoms with Gasteiger partial charge in [-0.05, 0) is 33.3 Å². The molecule has 14 nitrogen and oxygen atoms in total. The zero-order valence-electron chi connectivity index (χ0n) is 29.1. The third-order valence-electron chi connectivity index (χ3n) is 14.3. The quantitative estimate of drug-likeness (QED) is 0.240. The van der Waals surface area contributed by atoms with Gasteiger partial charge in [0.15, 0.2) is 5.60 Å². The van der Waals surface area contributed by atoms with Gasteiger partial charge in [0.1, 0.15) is 23.4 Å². The molecule has 2 bridgehead atoms. The predicted molar refractivity (Wildman–Crippen MR) is 163 cm³/mol. The lowest BCUT2D eigenvalue weighted by Crippen LogP contribution is -2.78. The van der Waals surface area contributed by atoms with Gasteiger partial charge in [-0.3, -0.25) is 4.79 Å². The molecule has 8 rings (SSSR count). The second-order valence-electron chi connectivity index (χ2n) is 15.9. The molecule has 5 aliphatic heterocycles. The Kier molecular flexibility index (Phi) is 6.88. The minimum absolute atomic E-state index is 0.0620. The Balaban J connectivity index is 1.41. The summed E-state index contributed by atoms with van der Waals surface area (Å²) in [5, 5.41) is 25.6. The van der Waals surface area contributed by atoms with E-state index < -0.39 is 111 Å². The average Bonchev–Trinajstić information content (AvgIpc) is 3.82. The van der Waals surface area contributed by atoms with Crippen LogP contribution < -0.4 is 0 Å². The molecule has 0 aromatic rings. The van der Waals surface area contributed by atoms with Crippen LogP contribution in [0.15, 0.2) is 24.0 Å². The molecule has 5 heterocycles. The van der Waals surface area contributed by atoms with E-state index in [9.17, 15) is 24.6 Å². The molecule has 3 saturated carbocycles. The minimum Gasteiger partial charge on any atom is -0.469 e. The summed E-state index contributed by atoms with van der Waals surface area (Å²) in [5.41, 5.74) is -8.31. The molecule has 0 aromatic heterocycles. The SMILES string of the molecule is C/C=C(\C)C(=O)O[C@H]1C[C@@H](OC(C)=O)[C@@]2(C)CO[C@@H]3[C@@H]2[C@]12CO[C@](OC)(C(=O)OC)[C@H]2[C@@]1(C)[C@H]3O[C@]2(C)[C@H]3C[C@H](O[C@@H]4OC=C[C@@]43O)[C@]12O. The number of rotatable bonds is 5. The predicted octanol–water partition coefficient (Wildman–Crippen LogP) is 1.30. The summed E-state index contributed by atoms with van der Waals surface area (Å²) in [6, 6.07) is 0. The third-order valence-corrected chi connectivity index (χ3v) is 14.3. The highest BCUT2D eigenvalue weighted by Gasteiger charge is 2.94. The fraction of sp³-hybridized carbons (Fsp3) is 0.800. The maximum absolute atomic E-state index is 14.2. The van der Waals surface area contributed by atoms with Crippen molar-refractivity contribution >= 4 is 17.9 Å². The number of ether oxygens (including phenoxy) is 9. The van der Waals surface area contributed by atoms with Gasteiger partial charge < -0.3 is 52.8 Å². The number of carbonyl (C=O) groups excluding carboxylic acids is 3. The normalized spacial score (nSPS) is 55.8. The topological polar surface area (TPSA) is 175 Å². The second kappa shape index (κ2) is 10.0. The maximum Gasteiger partial charge on any atom is 0.366 e. The van der Waals surface area contributed by atoms with Gasteiger partial charge in [-0.1, -0.05) is 19.9 Å². The molecule has 49 heavy (non-hydrogen) atoms. The van der Waals surface area contributed by atoms with E-state index in [2.05, 4.69) is 0 Å². The van der Waals surface area contributed by atoms with Crippen molar-refractivity contribution in [3.63, 3.8) is 0 Å². The monoisotopic (exact) mass is 690 g/mol. The fourth-order valence-electron chi connectivity index (χ4n) is 12.3. The van der Waals surface area contributed by atoms with E-state index in [0.29, 0.717) is 5.57 Å². The number of allylic oxidation sites excluding steroid dienone is 1. The molecule has 16 atom stereocenters. The van der Waals surface area contributed by atoms with Crippen molar-refractivity contribution in [2.45, 2.75) is 114 Å². The van der Waals surface area contributed by atoms with Crippen LogP contribution in [-0.4, -0.2) is 115 Å². The van der Waals surface area contributed by atoms with Gasteiger partial charge in [-0.25, -0.2) is 9.59 Å². The molecule has 2 N–H and O–H groups in total. The fourth-order valence-corrected chi connectivity index (χ4v) is 12.3. The number of aliphatic hydroxyl groups is 2. The standard InChI is InChI=1S/C35H46O14/c1-9-16(2)25(37)47-20-13-19(46-17(3)36)29(4)14-44-22-23(29)32(20)15-45-34(42-8,27(38)41-7)26(32)30(5)24(22)49-31(6)18-12-21(35(30,31)40)48-28-33(18,39)10-11-43-28/h9-11,18-24,26,28,39-40H,12-15H2,1-8H3/b16-9+/t18-,19-,20+,21+,22-,23+,24+,26+,28+,29-,30-,31-,32+,33+,34+,35+/m1/s1. The van der Waals surface area contributed by atoms with E-state index >= 15 is 0 Å². The summed E-state index contributed by atoms with van der Waals surface area (Å²) in [6.45, 7) is 10.2. The van der Waals surface area contributed by atoms with E-state index in [0.717, 1.165) is 0 Å². The van der Waals surface area contributed by atoms with Gasteiger partial charge in [0.05, 0.1) is 44.9 Å².